The zero-order valence-electron chi connectivity index (χ0n) is 8.60. The lowest BCUT2D eigenvalue weighted by Crippen LogP contribution is -2.40. The van der Waals surface area contributed by atoms with Crippen LogP contribution in [-0.4, -0.2) is 11.4 Å². The van der Waals surface area contributed by atoms with Crippen LogP contribution in [0.25, 0.3) is 0 Å². The third-order valence-electron chi connectivity index (χ3n) is 1.61. The van der Waals surface area contributed by atoms with Gasteiger partial charge in [0.25, 0.3) is 5.91 Å². The van der Waals surface area contributed by atoms with Crippen molar-refractivity contribution in [3.05, 3.63) is 34.3 Å². The Labute approximate surface area is 92.8 Å². The van der Waals surface area contributed by atoms with Gasteiger partial charge in [-0.15, -0.1) is 0 Å². The molecule has 0 spiro atoms. The second kappa shape index (κ2) is 4.13. The molecule has 0 bridgehead atoms. The van der Waals surface area contributed by atoms with Crippen LogP contribution in [0.5, 0.6) is 0 Å². The molecule has 1 aromatic rings. The first-order chi connectivity index (χ1) is 6.40. The fourth-order valence-electron chi connectivity index (χ4n) is 1.05. The van der Waals surface area contributed by atoms with E-state index in [1.54, 1.807) is 6.07 Å². The van der Waals surface area contributed by atoms with Crippen molar-refractivity contribution in [2.75, 3.05) is 0 Å². The maximum atomic E-state index is 11.7. The molecule has 1 N–H and O–H groups in total. The summed E-state index contributed by atoms with van der Waals surface area (Å²) in [7, 11) is 0. The van der Waals surface area contributed by atoms with Crippen molar-refractivity contribution in [2.45, 2.75) is 26.3 Å². The molecule has 76 valence electrons. The van der Waals surface area contributed by atoms with E-state index < -0.39 is 0 Å². The molecular formula is C11H14BrNO. The molecule has 0 aromatic heterocycles. The third kappa shape index (κ3) is 3.14. The molecular weight excluding hydrogens is 242 g/mol. The average Bonchev–Trinajstić information content (AvgIpc) is 2.01. The zero-order valence-corrected chi connectivity index (χ0v) is 10.2. The number of amides is 1. The summed E-state index contributed by atoms with van der Waals surface area (Å²) in [6.07, 6.45) is 0. The lowest BCUT2D eigenvalue weighted by atomic mass is 10.1. The monoisotopic (exact) mass is 255 g/mol. The standard InChI is InChI=1S/C11H14BrNO/c1-11(2,3)13-10(14)8-6-4-5-7-9(8)12/h4-7H,1-3H3,(H,13,14). The Morgan fingerprint density at radius 3 is 2.36 bits per heavy atom. The Morgan fingerprint density at radius 2 is 1.86 bits per heavy atom. The highest BCUT2D eigenvalue weighted by molar-refractivity contribution is 9.10. The summed E-state index contributed by atoms with van der Waals surface area (Å²) in [5.41, 5.74) is 0.467. The molecule has 3 heteroatoms. The van der Waals surface area contributed by atoms with Crippen LogP contribution in [0.3, 0.4) is 0 Å². The van der Waals surface area contributed by atoms with E-state index in [1.807, 2.05) is 39.0 Å². The average molecular weight is 256 g/mol. The fraction of sp³-hybridized carbons (Fsp3) is 0.364. The summed E-state index contributed by atoms with van der Waals surface area (Å²) in [6, 6.07) is 7.39. The van der Waals surface area contributed by atoms with Gasteiger partial charge in [0, 0.05) is 10.0 Å². The molecule has 1 aromatic carbocycles. The third-order valence-corrected chi connectivity index (χ3v) is 2.30. The number of rotatable bonds is 1. The summed E-state index contributed by atoms with van der Waals surface area (Å²) in [6.45, 7) is 5.88. The summed E-state index contributed by atoms with van der Waals surface area (Å²) in [4.78, 5) is 11.7. The summed E-state index contributed by atoms with van der Waals surface area (Å²) >= 11 is 3.34. The van der Waals surface area contributed by atoms with Gasteiger partial charge in [0.2, 0.25) is 0 Å². The van der Waals surface area contributed by atoms with Crippen LogP contribution in [0.1, 0.15) is 31.1 Å². The molecule has 0 heterocycles. The van der Waals surface area contributed by atoms with Crippen LogP contribution < -0.4 is 5.32 Å². The van der Waals surface area contributed by atoms with Gasteiger partial charge in [0.05, 0.1) is 5.56 Å². The molecule has 0 fully saturated rings. The Morgan fingerprint density at radius 1 is 1.29 bits per heavy atom. The first-order valence-corrected chi connectivity index (χ1v) is 5.26. The van der Waals surface area contributed by atoms with E-state index in [0.717, 1.165) is 4.47 Å². The van der Waals surface area contributed by atoms with Crippen molar-refractivity contribution in [2.24, 2.45) is 0 Å². The highest BCUT2D eigenvalue weighted by Gasteiger charge is 2.16. The Bertz CT molecular complexity index is 341. The van der Waals surface area contributed by atoms with Gasteiger partial charge in [0.1, 0.15) is 0 Å². The van der Waals surface area contributed by atoms with Gasteiger partial charge in [-0.1, -0.05) is 12.1 Å². The molecule has 1 rings (SSSR count). The van der Waals surface area contributed by atoms with E-state index in [0.29, 0.717) is 5.56 Å². The molecule has 0 aliphatic rings. The van der Waals surface area contributed by atoms with E-state index in [1.165, 1.54) is 0 Å². The van der Waals surface area contributed by atoms with Crippen LogP contribution in [0, 0.1) is 0 Å². The smallest absolute Gasteiger partial charge is 0.252 e. The van der Waals surface area contributed by atoms with Crippen molar-refractivity contribution in [3.8, 4) is 0 Å². The number of nitrogens with one attached hydrogen (secondary N) is 1. The minimum atomic E-state index is -0.202. The van der Waals surface area contributed by atoms with E-state index in [9.17, 15) is 4.79 Å². The number of hydrogen-bond donors (Lipinski definition) is 1. The van der Waals surface area contributed by atoms with E-state index >= 15 is 0 Å². The predicted molar refractivity (Wildman–Crippen MR) is 61.4 cm³/mol. The minimum absolute atomic E-state index is 0.0509. The Hall–Kier alpha value is -0.830. The first-order valence-electron chi connectivity index (χ1n) is 4.47. The van der Waals surface area contributed by atoms with E-state index in [2.05, 4.69) is 21.2 Å². The molecule has 2 nitrogen and oxygen atoms in total. The fourth-order valence-corrected chi connectivity index (χ4v) is 1.52. The number of hydrogen-bond acceptors (Lipinski definition) is 1. The summed E-state index contributed by atoms with van der Waals surface area (Å²) < 4.78 is 0.821. The second-order valence-electron chi connectivity index (χ2n) is 4.18. The molecule has 1 amide bonds. The molecule has 0 unspecified atom stereocenters. The van der Waals surface area contributed by atoms with Gasteiger partial charge in [-0.3, -0.25) is 4.79 Å². The molecule has 0 aliphatic carbocycles. The van der Waals surface area contributed by atoms with Gasteiger partial charge in [0.15, 0.2) is 0 Å². The lowest BCUT2D eigenvalue weighted by molar-refractivity contribution is 0.0919. The number of carbonyl (C=O) groups excluding carboxylic acids is 1. The van der Waals surface area contributed by atoms with Crippen molar-refractivity contribution in [3.63, 3.8) is 0 Å². The van der Waals surface area contributed by atoms with Gasteiger partial charge in [-0.25, -0.2) is 0 Å². The summed E-state index contributed by atoms with van der Waals surface area (Å²) in [5, 5.41) is 2.91. The van der Waals surface area contributed by atoms with E-state index in [4.69, 9.17) is 0 Å². The maximum Gasteiger partial charge on any atom is 0.252 e. The number of benzene rings is 1. The van der Waals surface area contributed by atoms with Crippen LogP contribution in [0.15, 0.2) is 28.7 Å². The van der Waals surface area contributed by atoms with Gasteiger partial charge >= 0.3 is 0 Å². The van der Waals surface area contributed by atoms with Crippen LogP contribution in [0.4, 0.5) is 0 Å². The topological polar surface area (TPSA) is 29.1 Å². The van der Waals surface area contributed by atoms with Crippen molar-refractivity contribution < 1.29 is 4.79 Å². The van der Waals surface area contributed by atoms with Crippen molar-refractivity contribution in [1.82, 2.24) is 5.32 Å². The SMILES string of the molecule is CC(C)(C)NC(=O)c1ccccc1Br. The van der Waals surface area contributed by atoms with Crippen molar-refractivity contribution in [1.29, 1.82) is 0 Å². The quantitative estimate of drug-likeness (QED) is 0.822. The van der Waals surface area contributed by atoms with Crippen LogP contribution in [0.2, 0.25) is 0 Å². The second-order valence-corrected chi connectivity index (χ2v) is 5.04. The van der Waals surface area contributed by atoms with Gasteiger partial charge in [-0.2, -0.15) is 0 Å². The van der Waals surface area contributed by atoms with Crippen LogP contribution in [-0.2, 0) is 0 Å². The molecule has 0 saturated heterocycles. The Balaban J connectivity index is 2.86. The lowest BCUT2D eigenvalue weighted by Gasteiger charge is -2.20. The molecule has 0 saturated carbocycles. The maximum absolute atomic E-state index is 11.7. The number of halogens is 1. The zero-order chi connectivity index (χ0) is 10.8. The molecule has 0 radical (unpaired) electrons. The van der Waals surface area contributed by atoms with Gasteiger partial charge in [-0.05, 0) is 48.8 Å². The highest BCUT2D eigenvalue weighted by atomic mass is 79.9. The largest absolute Gasteiger partial charge is 0.347 e. The summed E-state index contributed by atoms with van der Waals surface area (Å²) in [5.74, 6) is -0.0509. The van der Waals surface area contributed by atoms with E-state index in [-0.39, 0.29) is 11.4 Å². The number of carbonyl (C=O) groups is 1. The normalized spacial score (nSPS) is 11.1. The highest BCUT2D eigenvalue weighted by Crippen LogP contribution is 2.16. The van der Waals surface area contributed by atoms with Crippen molar-refractivity contribution >= 4 is 21.8 Å². The van der Waals surface area contributed by atoms with Crippen LogP contribution >= 0.6 is 15.9 Å². The first kappa shape index (κ1) is 11.2. The molecule has 14 heavy (non-hydrogen) atoms. The minimum Gasteiger partial charge on any atom is -0.347 e. The predicted octanol–water partition coefficient (Wildman–Crippen LogP) is 2.98. The Kier molecular flexibility index (Phi) is 3.32. The molecule has 0 aliphatic heterocycles. The van der Waals surface area contributed by atoms with Gasteiger partial charge < -0.3 is 5.32 Å². The molecule has 0 atom stereocenters.